The van der Waals surface area contributed by atoms with E-state index < -0.39 is 18.1 Å². The Morgan fingerprint density at radius 1 is 1.17 bits per heavy atom. The summed E-state index contributed by atoms with van der Waals surface area (Å²) < 4.78 is 0. The van der Waals surface area contributed by atoms with Crippen molar-refractivity contribution in [3.63, 3.8) is 0 Å². The summed E-state index contributed by atoms with van der Waals surface area (Å²) in [5.41, 5.74) is 2.07. The van der Waals surface area contributed by atoms with Crippen LogP contribution in [0.5, 0.6) is 0 Å². The van der Waals surface area contributed by atoms with Gasteiger partial charge in [-0.1, -0.05) is 36.4 Å². The van der Waals surface area contributed by atoms with Crippen LogP contribution in [0.4, 0.5) is 0 Å². The Morgan fingerprint density at radius 2 is 1.93 bits per heavy atom. The number of amides is 2. The molecule has 1 unspecified atom stereocenters. The quantitative estimate of drug-likeness (QED) is 0.520. The molecule has 2 aliphatic rings. The molecule has 4 N–H and O–H groups in total. The van der Waals surface area contributed by atoms with Crippen molar-refractivity contribution >= 4 is 11.8 Å². The molecule has 30 heavy (non-hydrogen) atoms. The average Bonchev–Trinajstić information content (AvgIpc) is 3.40. The molecule has 1 aliphatic carbocycles. The lowest BCUT2D eigenvalue weighted by Crippen LogP contribution is -2.54. The maximum Gasteiger partial charge on any atom is 0.251 e. The summed E-state index contributed by atoms with van der Waals surface area (Å²) in [6.45, 7) is 1.18. The summed E-state index contributed by atoms with van der Waals surface area (Å²) in [4.78, 5) is 29.6. The molecule has 158 valence electrons. The molecule has 2 heterocycles. The molecule has 1 aromatic carbocycles. The topological polar surface area (TPSA) is 103 Å². The van der Waals surface area contributed by atoms with Crippen LogP contribution in [0.3, 0.4) is 0 Å². The molecule has 2 aromatic rings. The minimum absolute atomic E-state index is 0.164. The number of carbonyl (C=O) groups is 2. The first-order chi connectivity index (χ1) is 14.5. The average molecular weight is 409 g/mol. The van der Waals surface area contributed by atoms with Crippen LogP contribution in [-0.2, 0) is 22.6 Å². The van der Waals surface area contributed by atoms with Gasteiger partial charge < -0.3 is 21.1 Å². The number of benzene rings is 1. The third kappa shape index (κ3) is 5.04. The van der Waals surface area contributed by atoms with E-state index >= 15 is 0 Å². The van der Waals surface area contributed by atoms with Crippen LogP contribution in [0, 0.1) is 5.41 Å². The predicted molar refractivity (Wildman–Crippen MR) is 112 cm³/mol. The summed E-state index contributed by atoms with van der Waals surface area (Å²) >= 11 is 0. The van der Waals surface area contributed by atoms with Gasteiger partial charge in [-0.15, -0.1) is 0 Å². The SMILES string of the molecule is O=C(NCc1ccccc1)C(O)[C@H](Cc1cccnc1)NC(=O)[C@@H]1CC2(CC2)CN1. The molecule has 3 atom stereocenters. The molecule has 7 heteroatoms. The van der Waals surface area contributed by atoms with Crippen molar-refractivity contribution in [1.29, 1.82) is 0 Å². The van der Waals surface area contributed by atoms with Crippen molar-refractivity contribution < 1.29 is 14.7 Å². The zero-order chi connectivity index (χ0) is 21.0. The van der Waals surface area contributed by atoms with Gasteiger partial charge in [0.1, 0.15) is 0 Å². The molecule has 1 aliphatic heterocycles. The monoisotopic (exact) mass is 408 g/mol. The molecule has 2 amide bonds. The highest BCUT2D eigenvalue weighted by Crippen LogP contribution is 2.51. The van der Waals surface area contributed by atoms with Crippen LogP contribution in [0.1, 0.15) is 30.4 Å². The summed E-state index contributed by atoms with van der Waals surface area (Å²) in [5.74, 6) is -0.673. The number of aromatic nitrogens is 1. The fourth-order valence-electron chi connectivity index (χ4n) is 4.03. The van der Waals surface area contributed by atoms with Gasteiger partial charge in [0.25, 0.3) is 5.91 Å². The number of nitrogens with zero attached hydrogens (tertiary/aromatic N) is 1. The molecule has 1 spiro atoms. The fourth-order valence-corrected chi connectivity index (χ4v) is 4.03. The summed E-state index contributed by atoms with van der Waals surface area (Å²) in [6, 6.07) is 12.2. The van der Waals surface area contributed by atoms with Gasteiger partial charge in [0.15, 0.2) is 6.10 Å². The lowest BCUT2D eigenvalue weighted by molar-refractivity contribution is -0.132. The van der Waals surface area contributed by atoms with Gasteiger partial charge in [-0.2, -0.15) is 0 Å². The molecule has 0 radical (unpaired) electrons. The van der Waals surface area contributed by atoms with Crippen LogP contribution in [0.25, 0.3) is 0 Å². The van der Waals surface area contributed by atoms with Gasteiger partial charge in [0.2, 0.25) is 5.91 Å². The number of nitrogens with one attached hydrogen (secondary N) is 3. The van der Waals surface area contributed by atoms with Crippen molar-refractivity contribution in [3.05, 3.63) is 66.0 Å². The van der Waals surface area contributed by atoms with Gasteiger partial charge in [0, 0.05) is 25.5 Å². The summed E-state index contributed by atoms with van der Waals surface area (Å²) in [7, 11) is 0. The van der Waals surface area contributed by atoms with Gasteiger partial charge in [-0.3, -0.25) is 14.6 Å². The third-order valence-electron chi connectivity index (χ3n) is 6.10. The lowest BCUT2D eigenvalue weighted by Gasteiger charge is -2.25. The van der Waals surface area contributed by atoms with E-state index in [1.165, 1.54) is 0 Å². The molecule has 7 nitrogen and oxygen atoms in total. The standard InChI is InChI=1S/C23H28N4O3/c28-20(22(30)25-14-16-5-2-1-3-6-16)18(11-17-7-4-10-24-13-17)27-21(29)19-12-23(8-9-23)15-26-19/h1-7,10,13,18-20,26,28H,8-9,11-12,14-15H2,(H,25,30)(H,27,29)/t18-,19-,20?/m0/s1. The Morgan fingerprint density at radius 3 is 2.60 bits per heavy atom. The van der Waals surface area contributed by atoms with Crippen LogP contribution < -0.4 is 16.0 Å². The summed E-state index contributed by atoms with van der Waals surface area (Å²) in [6.07, 6.45) is 5.43. The normalized spacial score (nSPS) is 21.0. The Labute approximate surface area is 176 Å². The van der Waals surface area contributed by atoms with Crippen LogP contribution in [-0.4, -0.2) is 46.6 Å². The van der Waals surface area contributed by atoms with Crippen LogP contribution in [0.15, 0.2) is 54.9 Å². The zero-order valence-corrected chi connectivity index (χ0v) is 16.9. The molecular formula is C23H28N4O3. The largest absolute Gasteiger partial charge is 0.381 e. The van der Waals surface area contributed by atoms with E-state index in [9.17, 15) is 14.7 Å². The van der Waals surface area contributed by atoms with E-state index in [-0.39, 0.29) is 17.4 Å². The van der Waals surface area contributed by atoms with Crippen molar-refractivity contribution in [2.75, 3.05) is 6.54 Å². The van der Waals surface area contributed by atoms with Crippen molar-refractivity contribution in [3.8, 4) is 0 Å². The maximum absolute atomic E-state index is 12.8. The van der Waals surface area contributed by atoms with E-state index in [1.54, 1.807) is 18.5 Å². The second-order valence-corrected chi connectivity index (χ2v) is 8.47. The summed E-state index contributed by atoms with van der Waals surface area (Å²) in [5, 5.41) is 19.7. The highest BCUT2D eigenvalue weighted by Gasteiger charge is 2.50. The number of carbonyl (C=O) groups excluding carboxylic acids is 2. The fraction of sp³-hybridized carbons (Fsp3) is 0.435. The van der Waals surface area contributed by atoms with Crippen LogP contribution in [0.2, 0.25) is 0 Å². The Bertz CT molecular complexity index is 871. The first-order valence-electron chi connectivity index (χ1n) is 10.5. The van der Waals surface area contributed by atoms with E-state index in [0.29, 0.717) is 13.0 Å². The number of aliphatic hydroxyl groups excluding tert-OH is 1. The molecule has 4 rings (SSSR count). The van der Waals surface area contributed by atoms with Gasteiger partial charge in [-0.25, -0.2) is 0 Å². The minimum Gasteiger partial charge on any atom is -0.381 e. The third-order valence-corrected chi connectivity index (χ3v) is 6.10. The number of hydrogen-bond donors (Lipinski definition) is 4. The van der Waals surface area contributed by atoms with Crippen LogP contribution >= 0.6 is 0 Å². The zero-order valence-electron chi connectivity index (χ0n) is 16.9. The maximum atomic E-state index is 12.8. The van der Waals surface area contributed by atoms with E-state index in [0.717, 1.165) is 36.9 Å². The molecule has 1 saturated heterocycles. The number of rotatable bonds is 8. The van der Waals surface area contributed by atoms with Crippen molar-refractivity contribution in [2.45, 2.75) is 50.4 Å². The highest BCUT2D eigenvalue weighted by molar-refractivity contribution is 5.85. The van der Waals surface area contributed by atoms with E-state index in [4.69, 9.17) is 0 Å². The second-order valence-electron chi connectivity index (χ2n) is 8.47. The lowest BCUT2D eigenvalue weighted by atomic mass is 9.99. The second kappa shape index (κ2) is 8.93. The van der Waals surface area contributed by atoms with Gasteiger partial charge in [0.05, 0.1) is 12.1 Å². The van der Waals surface area contributed by atoms with Gasteiger partial charge >= 0.3 is 0 Å². The Hall–Kier alpha value is -2.77. The first-order valence-corrected chi connectivity index (χ1v) is 10.5. The number of aliphatic hydroxyl groups is 1. The smallest absolute Gasteiger partial charge is 0.251 e. The van der Waals surface area contributed by atoms with Crippen molar-refractivity contribution in [2.24, 2.45) is 5.41 Å². The molecule has 1 aromatic heterocycles. The molecule has 0 bridgehead atoms. The highest BCUT2D eigenvalue weighted by atomic mass is 16.3. The minimum atomic E-state index is -1.37. The van der Waals surface area contributed by atoms with E-state index in [2.05, 4.69) is 20.9 Å². The molecule has 2 fully saturated rings. The Balaban J connectivity index is 1.40. The number of pyridine rings is 1. The van der Waals surface area contributed by atoms with Gasteiger partial charge in [-0.05, 0) is 48.3 Å². The number of hydrogen-bond acceptors (Lipinski definition) is 5. The Kier molecular flexibility index (Phi) is 6.11. The molecule has 1 saturated carbocycles. The molecular weight excluding hydrogens is 380 g/mol. The van der Waals surface area contributed by atoms with E-state index in [1.807, 2.05) is 36.4 Å². The predicted octanol–water partition coefficient (Wildman–Crippen LogP) is 0.928. The first kappa shape index (κ1) is 20.5. The van der Waals surface area contributed by atoms with Crippen molar-refractivity contribution in [1.82, 2.24) is 20.9 Å².